The topological polar surface area (TPSA) is 37.3 Å². The van der Waals surface area contributed by atoms with Gasteiger partial charge in [-0.15, -0.1) is 0 Å². The molecule has 0 amide bonds. The van der Waals surface area contributed by atoms with E-state index in [-0.39, 0.29) is 11.2 Å². The Morgan fingerprint density at radius 1 is 0.952 bits per heavy atom. The van der Waals surface area contributed by atoms with E-state index in [0.717, 1.165) is 18.3 Å². The highest BCUT2D eigenvalue weighted by Gasteiger charge is 2.61. The minimum atomic E-state index is -0.680. The second kappa shape index (κ2) is 4.57. The number of aliphatic hydroxyl groups is 1. The standard InChI is InChI=1S/C19H30O2/c1-18-9-4-3-5-12(18)6-7-13-14(18)8-10-19(2)15(13)11-16(20)17(19)21/h12-15,17,21H,3-11H2,1-2H3/t12-,13-,14+,15+,17+,18+,19+/m1/s1. The van der Waals surface area contributed by atoms with Crippen LogP contribution in [-0.2, 0) is 4.79 Å². The van der Waals surface area contributed by atoms with Crippen molar-refractivity contribution in [3.05, 3.63) is 0 Å². The third-order valence-electron chi connectivity index (χ3n) is 8.37. The molecule has 4 aliphatic rings. The first kappa shape index (κ1) is 14.2. The van der Waals surface area contributed by atoms with Crippen LogP contribution in [0.1, 0.15) is 71.6 Å². The molecule has 0 unspecified atom stereocenters. The van der Waals surface area contributed by atoms with Crippen LogP contribution < -0.4 is 0 Å². The van der Waals surface area contributed by atoms with Crippen LogP contribution >= 0.6 is 0 Å². The maximum atomic E-state index is 12.1. The average Bonchev–Trinajstić information content (AvgIpc) is 2.70. The molecule has 0 aromatic carbocycles. The van der Waals surface area contributed by atoms with Gasteiger partial charge in [-0.2, -0.15) is 0 Å². The van der Waals surface area contributed by atoms with Gasteiger partial charge in [0.25, 0.3) is 0 Å². The quantitative estimate of drug-likeness (QED) is 0.733. The molecule has 0 aliphatic heterocycles. The van der Waals surface area contributed by atoms with Crippen molar-refractivity contribution < 1.29 is 9.90 Å². The number of ketones is 1. The molecule has 4 aliphatic carbocycles. The predicted molar refractivity (Wildman–Crippen MR) is 82.7 cm³/mol. The number of carbonyl (C=O) groups excluding carboxylic acids is 1. The van der Waals surface area contributed by atoms with Crippen LogP contribution in [0.15, 0.2) is 0 Å². The van der Waals surface area contributed by atoms with Crippen LogP contribution in [0.5, 0.6) is 0 Å². The van der Waals surface area contributed by atoms with Gasteiger partial charge in [-0.25, -0.2) is 0 Å². The molecule has 0 bridgehead atoms. The fourth-order valence-electron chi connectivity index (χ4n) is 7.06. The fraction of sp³-hybridized carbons (Fsp3) is 0.947. The number of hydrogen-bond donors (Lipinski definition) is 1. The number of carbonyl (C=O) groups is 1. The Hall–Kier alpha value is -0.370. The van der Waals surface area contributed by atoms with E-state index < -0.39 is 6.10 Å². The summed E-state index contributed by atoms with van der Waals surface area (Å²) in [7, 11) is 0. The molecular formula is C19H30O2. The van der Waals surface area contributed by atoms with Gasteiger partial charge in [0.1, 0.15) is 6.10 Å². The molecule has 118 valence electrons. The third-order valence-corrected chi connectivity index (χ3v) is 8.37. The number of hydrogen-bond acceptors (Lipinski definition) is 2. The Kier molecular flexibility index (Phi) is 3.10. The van der Waals surface area contributed by atoms with Crippen LogP contribution in [0.3, 0.4) is 0 Å². The number of aliphatic hydroxyl groups excluding tert-OH is 1. The lowest BCUT2D eigenvalue weighted by Gasteiger charge is -2.60. The zero-order valence-electron chi connectivity index (χ0n) is 13.6. The van der Waals surface area contributed by atoms with Crippen LogP contribution in [-0.4, -0.2) is 17.0 Å². The molecule has 2 heteroatoms. The first-order valence-electron chi connectivity index (χ1n) is 9.17. The van der Waals surface area contributed by atoms with Crippen LogP contribution in [0.2, 0.25) is 0 Å². The predicted octanol–water partition coefficient (Wildman–Crippen LogP) is 3.96. The van der Waals surface area contributed by atoms with Gasteiger partial charge in [0.15, 0.2) is 5.78 Å². The van der Waals surface area contributed by atoms with Gasteiger partial charge in [-0.1, -0.05) is 26.7 Å². The second-order valence-corrected chi connectivity index (χ2v) is 9.02. The van der Waals surface area contributed by atoms with Crippen molar-refractivity contribution >= 4 is 5.78 Å². The molecule has 0 spiro atoms. The minimum absolute atomic E-state index is 0.115. The summed E-state index contributed by atoms with van der Waals surface area (Å²) in [5.74, 6) is 3.02. The van der Waals surface area contributed by atoms with E-state index in [1.165, 1.54) is 44.9 Å². The Labute approximate surface area is 128 Å². The largest absolute Gasteiger partial charge is 0.385 e. The molecule has 1 N–H and O–H groups in total. The lowest BCUT2D eigenvalue weighted by molar-refractivity contribution is -0.133. The van der Waals surface area contributed by atoms with E-state index in [1.54, 1.807) is 0 Å². The molecule has 0 radical (unpaired) electrons. The van der Waals surface area contributed by atoms with E-state index in [4.69, 9.17) is 0 Å². The first-order chi connectivity index (χ1) is 9.97. The van der Waals surface area contributed by atoms with Crippen LogP contribution in [0, 0.1) is 34.5 Å². The summed E-state index contributed by atoms with van der Waals surface area (Å²) in [4.78, 5) is 12.1. The molecule has 7 atom stereocenters. The van der Waals surface area contributed by atoms with Crippen molar-refractivity contribution in [1.82, 2.24) is 0 Å². The number of rotatable bonds is 0. The van der Waals surface area contributed by atoms with Gasteiger partial charge in [0, 0.05) is 11.8 Å². The Morgan fingerprint density at radius 2 is 1.76 bits per heavy atom. The number of fused-ring (bicyclic) bond motifs is 5. The molecular weight excluding hydrogens is 260 g/mol. The Morgan fingerprint density at radius 3 is 2.57 bits per heavy atom. The summed E-state index contributed by atoms with van der Waals surface area (Å²) >= 11 is 0. The highest BCUT2D eigenvalue weighted by Crippen LogP contribution is 2.65. The molecule has 2 nitrogen and oxygen atoms in total. The summed E-state index contributed by atoms with van der Waals surface area (Å²) in [6.45, 7) is 4.75. The Balaban J connectivity index is 1.67. The second-order valence-electron chi connectivity index (χ2n) is 9.02. The summed E-state index contributed by atoms with van der Waals surface area (Å²) in [5, 5.41) is 10.4. The summed E-state index contributed by atoms with van der Waals surface area (Å²) in [6, 6.07) is 0. The molecule has 4 fully saturated rings. The molecule has 0 saturated heterocycles. The SMILES string of the molecule is C[C@]12CCCC[C@@H]1CC[C@@H]1[C@@H]2CC[C@]2(C)[C@@H](O)C(=O)C[C@@H]12. The van der Waals surface area contributed by atoms with Crippen LogP contribution in [0.25, 0.3) is 0 Å². The van der Waals surface area contributed by atoms with E-state index >= 15 is 0 Å². The summed E-state index contributed by atoms with van der Waals surface area (Å²) in [5.41, 5.74) is 0.412. The Bertz CT molecular complexity index is 458. The van der Waals surface area contributed by atoms with Crippen LogP contribution in [0.4, 0.5) is 0 Å². The molecule has 4 rings (SSSR count). The van der Waals surface area contributed by atoms with Gasteiger partial charge in [-0.3, -0.25) is 4.79 Å². The average molecular weight is 290 g/mol. The van der Waals surface area contributed by atoms with Crippen molar-refractivity contribution in [1.29, 1.82) is 0 Å². The highest BCUT2D eigenvalue weighted by molar-refractivity contribution is 5.86. The van der Waals surface area contributed by atoms with Crippen molar-refractivity contribution in [3.63, 3.8) is 0 Å². The molecule has 0 heterocycles. The van der Waals surface area contributed by atoms with Gasteiger partial charge >= 0.3 is 0 Å². The first-order valence-corrected chi connectivity index (χ1v) is 9.17. The van der Waals surface area contributed by atoms with Gasteiger partial charge < -0.3 is 5.11 Å². The number of Topliss-reactive ketones (excluding diaryl/α,β-unsaturated/α-hetero) is 1. The van der Waals surface area contributed by atoms with Crippen molar-refractivity contribution in [3.8, 4) is 0 Å². The third kappa shape index (κ3) is 1.77. The lowest BCUT2D eigenvalue weighted by atomic mass is 9.45. The van der Waals surface area contributed by atoms with Gasteiger partial charge in [-0.05, 0) is 67.6 Å². The fourth-order valence-corrected chi connectivity index (χ4v) is 7.06. The maximum absolute atomic E-state index is 12.1. The molecule has 0 aromatic heterocycles. The summed E-state index contributed by atoms with van der Waals surface area (Å²) in [6.07, 6.45) is 10.6. The molecule has 0 aromatic rings. The maximum Gasteiger partial charge on any atom is 0.162 e. The molecule has 21 heavy (non-hydrogen) atoms. The van der Waals surface area contributed by atoms with Gasteiger partial charge in [0.2, 0.25) is 0 Å². The minimum Gasteiger partial charge on any atom is -0.385 e. The molecule has 4 saturated carbocycles. The van der Waals surface area contributed by atoms with Gasteiger partial charge in [0.05, 0.1) is 0 Å². The normalized spacial score (nSPS) is 56.5. The lowest BCUT2D eigenvalue weighted by Crippen LogP contribution is -2.53. The monoisotopic (exact) mass is 290 g/mol. The van der Waals surface area contributed by atoms with E-state index in [2.05, 4.69) is 13.8 Å². The van der Waals surface area contributed by atoms with Crippen molar-refractivity contribution in [2.45, 2.75) is 77.7 Å². The smallest absolute Gasteiger partial charge is 0.162 e. The van der Waals surface area contributed by atoms with Crippen molar-refractivity contribution in [2.75, 3.05) is 0 Å². The van der Waals surface area contributed by atoms with Crippen molar-refractivity contribution in [2.24, 2.45) is 34.5 Å². The highest BCUT2D eigenvalue weighted by atomic mass is 16.3. The van der Waals surface area contributed by atoms with E-state index in [0.29, 0.717) is 23.7 Å². The summed E-state index contributed by atoms with van der Waals surface area (Å²) < 4.78 is 0. The zero-order valence-corrected chi connectivity index (χ0v) is 13.6. The van der Waals surface area contributed by atoms with E-state index in [1.807, 2.05) is 0 Å². The zero-order chi connectivity index (χ0) is 14.8. The van der Waals surface area contributed by atoms with E-state index in [9.17, 15) is 9.90 Å².